The normalized spacial score (nSPS) is 20.1. The number of hydrogen-bond donors (Lipinski definition) is 0. The molecular weight excluding hydrogens is 416 g/mol. The van der Waals surface area contributed by atoms with Crippen LogP contribution in [0.3, 0.4) is 0 Å². The summed E-state index contributed by atoms with van der Waals surface area (Å²) >= 11 is 0. The van der Waals surface area contributed by atoms with Gasteiger partial charge in [-0.25, -0.2) is 8.42 Å². The number of amidine groups is 1. The van der Waals surface area contributed by atoms with E-state index in [1.54, 1.807) is 33.1 Å². The predicted molar refractivity (Wildman–Crippen MR) is 118 cm³/mol. The monoisotopic (exact) mass is 442 g/mol. The quantitative estimate of drug-likeness (QED) is 0.683. The highest BCUT2D eigenvalue weighted by molar-refractivity contribution is 7.90. The maximum Gasteiger partial charge on any atom is 0.257 e. The van der Waals surface area contributed by atoms with Crippen molar-refractivity contribution in [3.05, 3.63) is 59.8 Å². The van der Waals surface area contributed by atoms with E-state index in [0.717, 1.165) is 12.8 Å². The molecule has 0 saturated carbocycles. The van der Waals surface area contributed by atoms with Crippen LogP contribution in [0.1, 0.15) is 18.4 Å². The molecule has 1 saturated heterocycles. The van der Waals surface area contributed by atoms with Crippen molar-refractivity contribution in [1.82, 2.24) is 14.7 Å². The highest BCUT2D eigenvalue weighted by Gasteiger charge is 2.33. The fourth-order valence-electron chi connectivity index (χ4n) is 3.96. The molecule has 1 fully saturated rings. The third-order valence-electron chi connectivity index (χ3n) is 5.71. The van der Waals surface area contributed by atoms with Gasteiger partial charge in [0, 0.05) is 45.3 Å². The van der Waals surface area contributed by atoms with E-state index in [1.807, 2.05) is 18.2 Å². The van der Waals surface area contributed by atoms with Gasteiger partial charge in [-0.3, -0.25) is 9.59 Å². The van der Waals surface area contributed by atoms with Crippen LogP contribution in [0.25, 0.3) is 0 Å². The van der Waals surface area contributed by atoms with Crippen molar-refractivity contribution < 1.29 is 18.0 Å². The molecule has 4 rings (SSSR count). The van der Waals surface area contributed by atoms with Gasteiger partial charge in [0.05, 0.1) is 11.3 Å². The summed E-state index contributed by atoms with van der Waals surface area (Å²) in [5.74, 6) is -0.00999. The lowest BCUT2D eigenvalue weighted by molar-refractivity contribution is -0.137. The van der Waals surface area contributed by atoms with E-state index in [4.69, 9.17) is 0 Å². The zero-order valence-electron chi connectivity index (χ0n) is 17.3. The number of benzene rings is 1. The lowest BCUT2D eigenvalue weighted by atomic mass is 10.1. The first-order valence-electron chi connectivity index (χ1n) is 10.5. The molecule has 164 valence electrons. The van der Waals surface area contributed by atoms with Gasteiger partial charge in [-0.15, -0.1) is 4.40 Å². The molecule has 3 aliphatic rings. The number of rotatable bonds is 5. The average molecular weight is 443 g/mol. The van der Waals surface area contributed by atoms with Gasteiger partial charge in [0.15, 0.2) is 5.84 Å². The van der Waals surface area contributed by atoms with Crippen molar-refractivity contribution in [2.24, 2.45) is 4.40 Å². The van der Waals surface area contributed by atoms with Crippen molar-refractivity contribution in [1.29, 1.82) is 0 Å². The number of fused-ring (bicyclic) bond motifs is 1. The second-order valence-corrected chi connectivity index (χ2v) is 9.58. The van der Waals surface area contributed by atoms with E-state index in [-0.39, 0.29) is 35.5 Å². The van der Waals surface area contributed by atoms with Crippen molar-refractivity contribution in [2.45, 2.75) is 19.3 Å². The van der Waals surface area contributed by atoms with Gasteiger partial charge >= 0.3 is 0 Å². The lowest BCUT2D eigenvalue weighted by Crippen LogP contribution is -2.52. The van der Waals surface area contributed by atoms with E-state index < -0.39 is 10.0 Å². The van der Waals surface area contributed by atoms with Crippen molar-refractivity contribution in [3.8, 4) is 0 Å². The summed E-state index contributed by atoms with van der Waals surface area (Å²) in [6, 6.07) is 10.1. The number of piperazine rings is 1. The van der Waals surface area contributed by atoms with Crippen molar-refractivity contribution in [2.75, 3.05) is 38.5 Å². The number of carbonyl (C=O) groups excluding carboxylic acids is 2. The third-order valence-corrected chi connectivity index (χ3v) is 6.86. The molecule has 8 nitrogen and oxygen atoms in total. The highest BCUT2D eigenvalue weighted by Crippen LogP contribution is 2.20. The summed E-state index contributed by atoms with van der Waals surface area (Å²) in [6.07, 6.45) is 7.23. The topological polar surface area (TPSA) is 90.4 Å². The molecule has 3 heterocycles. The Bertz CT molecular complexity index is 1040. The van der Waals surface area contributed by atoms with Crippen molar-refractivity contribution >= 4 is 27.7 Å². The van der Waals surface area contributed by atoms with Crippen LogP contribution >= 0.6 is 0 Å². The van der Waals surface area contributed by atoms with Gasteiger partial charge in [0.2, 0.25) is 5.91 Å². The molecule has 0 bridgehead atoms. The molecule has 1 aromatic carbocycles. The molecule has 0 spiro atoms. The molecule has 9 heteroatoms. The molecule has 0 radical (unpaired) electrons. The van der Waals surface area contributed by atoms with Crippen molar-refractivity contribution in [3.63, 3.8) is 0 Å². The fraction of sp³-hybridized carbons (Fsp3) is 0.409. The Morgan fingerprint density at radius 2 is 1.68 bits per heavy atom. The Morgan fingerprint density at radius 3 is 2.42 bits per heavy atom. The van der Waals surface area contributed by atoms with Crippen LogP contribution in [0, 0.1) is 0 Å². The second kappa shape index (κ2) is 9.05. The van der Waals surface area contributed by atoms with Crippen LogP contribution in [-0.2, 0) is 26.0 Å². The van der Waals surface area contributed by atoms with Crippen LogP contribution in [-0.4, -0.2) is 79.2 Å². The van der Waals surface area contributed by atoms with E-state index in [0.29, 0.717) is 32.6 Å². The molecule has 0 aliphatic carbocycles. The number of hydrogen-bond acceptors (Lipinski definition) is 5. The summed E-state index contributed by atoms with van der Waals surface area (Å²) in [6.45, 7) is 2.09. The lowest BCUT2D eigenvalue weighted by Gasteiger charge is -2.36. The number of nitrogens with zero attached hydrogens (tertiary/aromatic N) is 4. The van der Waals surface area contributed by atoms with Gasteiger partial charge in [-0.2, -0.15) is 0 Å². The molecular formula is C22H26N4O4S. The van der Waals surface area contributed by atoms with Gasteiger partial charge in [-0.1, -0.05) is 30.3 Å². The van der Waals surface area contributed by atoms with Crippen LogP contribution in [0.15, 0.2) is 58.7 Å². The van der Waals surface area contributed by atoms with E-state index >= 15 is 0 Å². The Kier molecular flexibility index (Phi) is 6.22. The van der Waals surface area contributed by atoms with Crippen LogP contribution in [0.4, 0.5) is 0 Å². The molecule has 1 aromatic rings. The zero-order chi connectivity index (χ0) is 21.8. The number of amides is 2. The van der Waals surface area contributed by atoms with Crippen LogP contribution < -0.4 is 0 Å². The highest BCUT2D eigenvalue weighted by atomic mass is 32.2. The minimum Gasteiger partial charge on any atom is -0.339 e. The molecule has 0 N–H and O–H groups in total. The first-order chi connectivity index (χ1) is 14.9. The minimum absolute atomic E-state index is 0.0621. The van der Waals surface area contributed by atoms with Crippen LogP contribution in [0.5, 0.6) is 0 Å². The van der Waals surface area contributed by atoms with Gasteiger partial charge in [0.1, 0.15) is 0 Å². The fourth-order valence-corrected chi connectivity index (χ4v) is 4.94. The zero-order valence-corrected chi connectivity index (χ0v) is 18.1. The summed E-state index contributed by atoms with van der Waals surface area (Å²) in [7, 11) is -3.55. The second-order valence-electron chi connectivity index (χ2n) is 7.83. The SMILES string of the molecule is O=C(CCCc1ccccc1)N1CCN(C(=O)C2=CC=CN3CCS(=O)(=O)N=C23)CC1. The number of allylic oxidation sites excluding steroid dienone is 2. The third kappa shape index (κ3) is 5.04. The molecule has 0 aromatic heterocycles. The molecule has 0 unspecified atom stereocenters. The summed E-state index contributed by atoms with van der Waals surface area (Å²) in [5, 5.41) is 0. The number of aryl methyl sites for hydroxylation is 1. The van der Waals surface area contributed by atoms with Crippen LogP contribution in [0.2, 0.25) is 0 Å². The van der Waals surface area contributed by atoms with Gasteiger partial charge in [-0.05, 0) is 30.6 Å². The first kappa shape index (κ1) is 21.3. The first-order valence-corrected chi connectivity index (χ1v) is 12.1. The maximum atomic E-state index is 13.0. The Labute approximate surface area is 182 Å². The van der Waals surface area contributed by atoms with Gasteiger partial charge in [0.25, 0.3) is 15.9 Å². The molecule has 31 heavy (non-hydrogen) atoms. The van der Waals surface area contributed by atoms with Gasteiger partial charge < -0.3 is 14.7 Å². The summed E-state index contributed by atoms with van der Waals surface area (Å²) in [5.41, 5.74) is 1.51. The number of carbonyl (C=O) groups is 2. The Balaban J connectivity index is 1.30. The molecule has 0 atom stereocenters. The average Bonchev–Trinajstić information content (AvgIpc) is 2.78. The molecule has 3 aliphatic heterocycles. The summed E-state index contributed by atoms with van der Waals surface area (Å²) < 4.78 is 27.6. The van der Waals surface area contributed by atoms with E-state index in [2.05, 4.69) is 16.5 Å². The minimum atomic E-state index is -3.55. The van der Waals surface area contributed by atoms with E-state index in [9.17, 15) is 18.0 Å². The molecule has 2 amide bonds. The van der Waals surface area contributed by atoms with E-state index in [1.165, 1.54) is 5.56 Å². The Hall–Kier alpha value is -2.94. The predicted octanol–water partition coefficient (Wildman–Crippen LogP) is 1.18. The summed E-state index contributed by atoms with van der Waals surface area (Å²) in [4.78, 5) is 30.7. The number of sulfonamides is 1. The standard InChI is InChI=1S/C22H26N4O4S/c27-20(10-4-8-18-6-2-1-3-7-18)24-12-14-26(15-13-24)22(28)19-9-5-11-25-16-17-31(29,30)23-21(19)25/h1-3,5-7,9,11H,4,8,10,12-17H2. The largest absolute Gasteiger partial charge is 0.339 e. The maximum absolute atomic E-state index is 13.0. The Morgan fingerprint density at radius 1 is 0.968 bits per heavy atom. The smallest absolute Gasteiger partial charge is 0.257 e.